The van der Waals surface area contributed by atoms with Gasteiger partial charge in [0.05, 0.1) is 7.95 Å². The Kier molecular flexibility index (Phi) is 6.51. The van der Waals surface area contributed by atoms with Crippen molar-refractivity contribution in [2.45, 2.75) is 6.04 Å². The molecular formula is C4H13N2O2P3. The highest BCUT2D eigenvalue weighted by molar-refractivity contribution is 8.00. The van der Waals surface area contributed by atoms with Gasteiger partial charge in [-0.05, 0) is 0 Å². The van der Waals surface area contributed by atoms with Gasteiger partial charge in [-0.2, -0.15) is 0 Å². The maximum atomic E-state index is 11.1. The van der Waals surface area contributed by atoms with E-state index in [0.717, 1.165) is 0 Å². The van der Waals surface area contributed by atoms with Gasteiger partial charge in [0.2, 0.25) is 5.91 Å². The van der Waals surface area contributed by atoms with E-state index < -0.39 is 12.6 Å². The van der Waals surface area contributed by atoms with Gasteiger partial charge < -0.3 is 9.84 Å². The Bertz CT molecular complexity index is 150. The molecule has 0 aliphatic rings. The van der Waals surface area contributed by atoms with Crippen molar-refractivity contribution in [3.05, 3.63) is 0 Å². The average Bonchev–Trinajstić information content (AvgIpc) is 2.06. The highest BCUT2D eigenvalue weighted by Crippen LogP contribution is 2.20. The molecular weight excluding hydrogens is 201 g/mol. The van der Waals surface area contributed by atoms with E-state index in [1.54, 1.807) is 0 Å². The van der Waals surface area contributed by atoms with Gasteiger partial charge in [-0.15, -0.1) is 0 Å². The van der Waals surface area contributed by atoms with E-state index in [2.05, 4.69) is 28.7 Å². The van der Waals surface area contributed by atoms with Gasteiger partial charge in [-0.3, -0.25) is 9.88 Å². The van der Waals surface area contributed by atoms with E-state index in [9.17, 15) is 4.79 Å². The summed E-state index contributed by atoms with van der Waals surface area (Å²) in [7, 11) is 6.20. The van der Waals surface area contributed by atoms with Crippen molar-refractivity contribution in [2.24, 2.45) is 0 Å². The number of amides is 1. The molecule has 0 saturated carbocycles. The van der Waals surface area contributed by atoms with Crippen molar-refractivity contribution < 1.29 is 10.7 Å². The molecule has 0 spiro atoms. The lowest BCUT2D eigenvalue weighted by Crippen LogP contribution is -2.41. The SMILES string of the molecule is [2H][C@H](OPP)C(NP)C(=O)NC. The summed E-state index contributed by atoms with van der Waals surface area (Å²) in [6.45, 7) is -0.877. The first-order valence-corrected chi connectivity index (χ1v) is 6.18. The monoisotopic (exact) mass is 215 g/mol. The average molecular weight is 215 g/mol. The van der Waals surface area contributed by atoms with Gasteiger partial charge in [0.1, 0.15) is 6.04 Å². The van der Waals surface area contributed by atoms with E-state index in [1.165, 1.54) is 7.05 Å². The first kappa shape index (κ1) is 9.77. The van der Waals surface area contributed by atoms with Gasteiger partial charge in [-0.1, -0.05) is 18.3 Å². The molecule has 11 heavy (non-hydrogen) atoms. The molecule has 0 saturated heterocycles. The van der Waals surface area contributed by atoms with Crippen LogP contribution in [0.2, 0.25) is 0 Å². The van der Waals surface area contributed by atoms with Crippen molar-refractivity contribution in [1.29, 1.82) is 0 Å². The lowest BCUT2D eigenvalue weighted by Gasteiger charge is -2.12. The fourth-order valence-corrected chi connectivity index (χ4v) is 1.12. The molecule has 4 unspecified atom stereocenters. The molecule has 0 aromatic heterocycles. The molecule has 1 amide bonds. The van der Waals surface area contributed by atoms with Crippen LogP contribution in [0.15, 0.2) is 0 Å². The van der Waals surface area contributed by atoms with Crippen molar-refractivity contribution in [2.75, 3.05) is 13.6 Å². The topological polar surface area (TPSA) is 50.4 Å². The minimum absolute atomic E-state index is 0.128. The van der Waals surface area contributed by atoms with Crippen LogP contribution >= 0.6 is 26.8 Å². The zero-order valence-corrected chi connectivity index (χ0v) is 9.44. The number of nitrogens with one attached hydrogen (secondary N) is 2. The highest BCUT2D eigenvalue weighted by atomic mass is 32.0. The summed E-state index contributed by atoms with van der Waals surface area (Å²) < 4.78 is 12.3. The number of carbonyl (C=O) groups is 1. The third-order valence-electron chi connectivity index (χ3n) is 0.981. The number of hydrogen-bond donors (Lipinski definition) is 2. The van der Waals surface area contributed by atoms with Crippen LogP contribution in [0.25, 0.3) is 0 Å². The molecule has 0 aromatic rings. The van der Waals surface area contributed by atoms with Crippen LogP contribution in [-0.4, -0.2) is 25.6 Å². The van der Waals surface area contributed by atoms with Gasteiger partial charge in [0.15, 0.2) is 0 Å². The predicted octanol–water partition coefficient (Wildman–Crippen LogP) is -0.119. The van der Waals surface area contributed by atoms with Crippen LogP contribution in [-0.2, 0) is 9.32 Å². The highest BCUT2D eigenvalue weighted by Gasteiger charge is 2.13. The lowest BCUT2D eigenvalue weighted by molar-refractivity contribution is -0.122. The van der Waals surface area contributed by atoms with Gasteiger partial charge >= 0.3 is 0 Å². The summed E-state index contributed by atoms with van der Waals surface area (Å²) in [4.78, 5) is 11.1. The van der Waals surface area contributed by atoms with Crippen LogP contribution < -0.4 is 10.4 Å². The minimum atomic E-state index is -0.877. The van der Waals surface area contributed by atoms with Crippen LogP contribution in [0.3, 0.4) is 0 Å². The second kappa shape index (κ2) is 7.34. The summed E-state index contributed by atoms with van der Waals surface area (Å²) >= 11 is 0. The maximum absolute atomic E-state index is 11.1. The molecule has 2 N–H and O–H groups in total. The van der Waals surface area contributed by atoms with Crippen LogP contribution in [0.4, 0.5) is 0 Å². The fraction of sp³-hybridized carbons (Fsp3) is 0.750. The van der Waals surface area contributed by atoms with Crippen molar-refractivity contribution in [1.82, 2.24) is 10.4 Å². The summed E-state index contributed by atoms with van der Waals surface area (Å²) in [5.41, 5.74) is 0. The van der Waals surface area contributed by atoms with Gasteiger partial charge in [-0.25, -0.2) is 0 Å². The second-order valence-electron chi connectivity index (χ2n) is 1.63. The van der Waals surface area contributed by atoms with E-state index in [-0.39, 0.29) is 14.4 Å². The fourth-order valence-electron chi connectivity index (χ4n) is 0.440. The first-order valence-electron chi connectivity index (χ1n) is 3.46. The largest absolute Gasteiger partial charge is 0.358 e. The summed E-state index contributed by atoms with van der Waals surface area (Å²) in [5, 5.41) is 5.06. The van der Waals surface area contributed by atoms with Gasteiger partial charge in [0.25, 0.3) is 0 Å². The smallest absolute Gasteiger partial charge is 0.239 e. The van der Waals surface area contributed by atoms with Crippen molar-refractivity contribution >= 4 is 32.7 Å². The lowest BCUT2D eigenvalue weighted by atomic mass is 10.3. The number of likely N-dealkylation sites (N-methyl/N-ethyl adjacent to an activating group) is 1. The summed E-state index contributed by atoms with van der Waals surface area (Å²) in [6, 6.07) is -0.645. The Morgan fingerprint density at radius 2 is 2.64 bits per heavy atom. The zero-order valence-electron chi connectivity index (χ0n) is 7.13. The molecule has 0 heterocycles. The molecule has 5 atom stereocenters. The van der Waals surface area contributed by atoms with Crippen LogP contribution in [0, 0.1) is 0 Å². The van der Waals surface area contributed by atoms with Crippen LogP contribution in [0.5, 0.6) is 0 Å². The van der Waals surface area contributed by atoms with E-state index in [4.69, 9.17) is 5.89 Å². The Balaban J connectivity index is 4.03. The molecule has 0 aliphatic heterocycles. The minimum Gasteiger partial charge on any atom is -0.358 e. The molecule has 0 bridgehead atoms. The van der Waals surface area contributed by atoms with E-state index in [1.807, 2.05) is 0 Å². The third-order valence-corrected chi connectivity index (χ3v) is 2.02. The molecule has 0 aliphatic carbocycles. The number of rotatable bonds is 5. The Morgan fingerprint density at radius 1 is 2.00 bits per heavy atom. The van der Waals surface area contributed by atoms with Crippen molar-refractivity contribution in [3.8, 4) is 0 Å². The quantitative estimate of drug-likeness (QED) is 0.628. The van der Waals surface area contributed by atoms with Gasteiger partial charge in [0, 0.05) is 15.5 Å². The number of hydrogen-bond acceptors (Lipinski definition) is 3. The molecule has 0 aromatic carbocycles. The Labute approximate surface area is 74.2 Å². The Morgan fingerprint density at radius 3 is 3.00 bits per heavy atom. The molecule has 0 fully saturated rings. The summed E-state index contributed by atoms with van der Waals surface area (Å²) in [6.07, 6.45) is 0. The van der Waals surface area contributed by atoms with Crippen molar-refractivity contribution in [3.63, 3.8) is 0 Å². The zero-order chi connectivity index (χ0) is 9.56. The Hall–Kier alpha value is 0.680. The predicted molar refractivity (Wildman–Crippen MR) is 54.7 cm³/mol. The molecule has 7 heteroatoms. The molecule has 66 valence electrons. The maximum Gasteiger partial charge on any atom is 0.239 e. The molecule has 0 radical (unpaired) electrons. The summed E-state index contributed by atoms with van der Waals surface area (Å²) in [5.74, 6) is -0.256. The normalized spacial score (nSPS) is 17.9. The molecule has 0 rings (SSSR count). The van der Waals surface area contributed by atoms with E-state index in [0.29, 0.717) is 0 Å². The number of carbonyl (C=O) groups excluding carboxylic acids is 1. The van der Waals surface area contributed by atoms with Crippen LogP contribution in [0.1, 0.15) is 1.37 Å². The third kappa shape index (κ3) is 5.00. The van der Waals surface area contributed by atoms with E-state index >= 15 is 0 Å². The first-order chi connectivity index (χ1) is 5.67. The standard InChI is InChI=1S/C4H13N2O2P3/c1-5-4(7)3(6-9)2-8-11-10/h3,6,11H,2,9-10H2,1H3,(H,5,7)/i2D/t2-,3?/m0/s1. The second-order valence-corrected chi connectivity index (χ2v) is 3.14. The molecule has 4 nitrogen and oxygen atoms in total.